The zero-order valence-corrected chi connectivity index (χ0v) is 14.3. The molecule has 0 amide bonds. The lowest BCUT2D eigenvalue weighted by molar-refractivity contribution is 0.199. The molecule has 1 fully saturated rings. The van der Waals surface area contributed by atoms with Crippen LogP contribution in [0.3, 0.4) is 0 Å². The number of hydrogen-bond donors (Lipinski definition) is 1. The number of aromatic nitrogens is 1. The summed E-state index contributed by atoms with van der Waals surface area (Å²) in [6, 6.07) is 13.0. The summed E-state index contributed by atoms with van der Waals surface area (Å²) >= 11 is 0. The number of nitrogens with zero attached hydrogens (tertiary/aromatic N) is 2. The third kappa shape index (κ3) is 5.50. The average Bonchev–Trinajstić information content (AvgIpc) is 2.55. The van der Waals surface area contributed by atoms with E-state index in [-0.39, 0.29) is 12.4 Å². The fourth-order valence-electron chi connectivity index (χ4n) is 2.75. The Morgan fingerprint density at radius 1 is 1.13 bits per heavy atom. The van der Waals surface area contributed by atoms with Gasteiger partial charge in [0.25, 0.3) is 0 Å². The highest BCUT2D eigenvalue weighted by Gasteiger charge is 2.15. The second kappa shape index (κ2) is 8.87. The van der Waals surface area contributed by atoms with Crippen molar-refractivity contribution in [2.45, 2.75) is 26.1 Å². The highest BCUT2D eigenvalue weighted by atomic mass is 35.5. The number of rotatable bonds is 5. The summed E-state index contributed by atoms with van der Waals surface area (Å²) in [5.41, 5.74) is 2.47. The first kappa shape index (κ1) is 17.7. The molecule has 1 aromatic carbocycles. The summed E-state index contributed by atoms with van der Waals surface area (Å²) in [6.07, 6.45) is 3.58. The predicted molar refractivity (Wildman–Crippen MR) is 95.0 cm³/mol. The molecule has 3 rings (SSSR count). The molecule has 1 N–H and O–H groups in total. The van der Waals surface area contributed by atoms with Crippen molar-refractivity contribution in [3.8, 4) is 5.75 Å². The van der Waals surface area contributed by atoms with Crippen molar-refractivity contribution in [2.75, 3.05) is 19.6 Å². The van der Waals surface area contributed by atoms with Crippen LogP contribution >= 0.6 is 12.4 Å². The van der Waals surface area contributed by atoms with Crippen LogP contribution < -0.4 is 10.1 Å². The molecule has 0 saturated carbocycles. The summed E-state index contributed by atoms with van der Waals surface area (Å²) in [5.74, 6) is 0.911. The first-order valence-electron chi connectivity index (χ1n) is 7.86. The van der Waals surface area contributed by atoms with Crippen molar-refractivity contribution < 1.29 is 4.74 Å². The quantitative estimate of drug-likeness (QED) is 0.913. The zero-order valence-electron chi connectivity index (χ0n) is 13.4. The normalized spacial score (nSPS) is 18.2. The van der Waals surface area contributed by atoms with Crippen molar-refractivity contribution in [2.24, 2.45) is 0 Å². The van der Waals surface area contributed by atoms with Crippen LogP contribution in [0.5, 0.6) is 5.75 Å². The Kier molecular flexibility index (Phi) is 6.84. The van der Waals surface area contributed by atoms with Gasteiger partial charge in [0, 0.05) is 44.6 Å². The molecule has 0 aliphatic carbocycles. The Balaban J connectivity index is 0.00000192. The van der Waals surface area contributed by atoms with Crippen molar-refractivity contribution in [3.05, 3.63) is 59.9 Å². The van der Waals surface area contributed by atoms with Crippen molar-refractivity contribution in [1.82, 2.24) is 15.2 Å². The minimum absolute atomic E-state index is 0. The highest BCUT2D eigenvalue weighted by molar-refractivity contribution is 5.85. The van der Waals surface area contributed by atoms with Gasteiger partial charge in [-0.3, -0.25) is 9.88 Å². The van der Waals surface area contributed by atoms with Gasteiger partial charge in [0.1, 0.15) is 12.4 Å². The van der Waals surface area contributed by atoms with Gasteiger partial charge < -0.3 is 10.1 Å². The maximum absolute atomic E-state index is 5.80. The number of halogens is 1. The molecule has 23 heavy (non-hydrogen) atoms. The van der Waals surface area contributed by atoms with E-state index in [1.807, 2.05) is 12.1 Å². The molecular weight excluding hydrogens is 310 g/mol. The molecule has 0 bridgehead atoms. The van der Waals surface area contributed by atoms with Crippen LogP contribution in [-0.4, -0.2) is 35.6 Å². The lowest BCUT2D eigenvalue weighted by atomic mass is 10.1. The van der Waals surface area contributed by atoms with Crippen LogP contribution in [0.2, 0.25) is 0 Å². The van der Waals surface area contributed by atoms with Crippen LogP contribution in [-0.2, 0) is 13.2 Å². The van der Waals surface area contributed by atoms with E-state index < -0.39 is 0 Å². The minimum atomic E-state index is 0. The van der Waals surface area contributed by atoms with E-state index in [9.17, 15) is 0 Å². The van der Waals surface area contributed by atoms with E-state index in [1.165, 1.54) is 5.56 Å². The van der Waals surface area contributed by atoms with E-state index in [0.717, 1.165) is 37.5 Å². The fraction of sp³-hybridized carbons (Fsp3) is 0.389. The molecule has 4 nitrogen and oxygen atoms in total. The Labute approximate surface area is 144 Å². The van der Waals surface area contributed by atoms with Gasteiger partial charge in [-0.15, -0.1) is 12.4 Å². The molecule has 0 radical (unpaired) electrons. The maximum atomic E-state index is 5.80. The summed E-state index contributed by atoms with van der Waals surface area (Å²) < 4.78 is 5.80. The monoisotopic (exact) mass is 333 g/mol. The van der Waals surface area contributed by atoms with Crippen LogP contribution in [0.4, 0.5) is 0 Å². The molecule has 1 aliphatic heterocycles. The van der Waals surface area contributed by atoms with Gasteiger partial charge in [-0.05, 0) is 42.3 Å². The molecule has 1 atom stereocenters. The van der Waals surface area contributed by atoms with Crippen LogP contribution in [0.1, 0.15) is 18.1 Å². The number of pyridine rings is 1. The SMILES string of the molecule is CC1CN(Cc2ccc(OCc3ccncc3)cc2)CCN1.Cl. The van der Waals surface area contributed by atoms with Gasteiger partial charge in [-0.2, -0.15) is 0 Å². The van der Waals surface area contributed by atoms with E-state index in [1.54, 1.807) is 12.4 Å². The molecule has 1 unspecified atom stereocenters. The Morgan fingerprint density at radius 3 is 2.57 bits per heavy atom. The van der Waals surface area contributed by atoms with Gasteiger partial charge in [0.2, 0.25) is 0 Å². The third-order valence-electron chi connectivity index (χ3n) is 3.94. The Morgan fingerprint density at radius 2 is 1.87 bits per heavy atom. The first-order chi connectivity index (χ1) is 10.8. The van der Waals surface area contributed by atoms with Gasteiger partial charge in [0.15, 0.2) is 0 Å². The fourth-order valence-corrected chi connectivity index (χ4v) is 2.75. The average molecular weight is 334 g/mol. The second-order valence-corrected chi connectivity index (χ2v) is 5.88. The summed E-state index contributed by atoms with van der Waals surface area (Å²) in [7, 11) is 0. The first-order valence-corrected chi connectivity index (χ1v) is 7.86. The van der Waals surface area contributed by atoms with Crippen molar-refractivity contribution >= 4 is 12.4 Å². The van der Waals surface area contributed by atoms with Crippen molar-refractivity contribution in [1.29, 1.82) is 0 Å². The molecule has 124 valence electrons. The molecule has 1 saturated heterocycles. The number of nitrogens with one attached hydrogen (secondary N) is 1. The number of benzene rings is 1. The second-order valence-electron chi connectivity index (χ2n) is 5.88. The Bertz CT molecular complexity index is 577. The van der Waals surface area contributed by atoms with E-state index in [2.05, 4.69) is 46.4 Å². The summed E-state index contributed by atoms with van der Waals surface area (Å²) in [6.45, 7) is 7.13. The minimum Gasteiger partial charge on any atom is -0.489 e. The maximum Gasteiger partial charge on any atom is 0.119 e. The van der Waals surface area contributed by atoms with E-state index in [0.29, 0.717) is 12.6 Å². The lowest BCUT2D eigenvalue weighted by Crippen LogP contribution is -2.48. The van der Waals surface area contributed by atoms with Gasteiger partial charge in [-0.1, -0.05) is 12.1 Å². The lowest BCUT2D eigenvalue weighted by Gasteiger charge is -2.31. The predicted octanol–water partition coefficient (Wildman–Crippen LogP) is 2.88. The molecule has 2 heterocycles. The number of ether oxygens (including phenoxy) is 1. The van der Waals surface area contributed by atoms with Crippen LogP contribution in [0.15, 0.2) is 48.8 Å². The molecule has 2 aromatic rings. The van der Waals surface area contributed by atoms with Gasteiger partial charge >= 0.3 is 0 Å². The Hall–Kier alpha value is -1.62. The smallest absolute Gasteiger partial charge is 0.119 e. The molecule has 5 heteroatoms. The number of hydrogen-bond acceptors (Lipinski definition) is 4. The molecule has 1 aromatic heterocycles. The molecule has 1 aliphatic rings. The largest absolute Gasteiger partial charge is 0.489 e. The van der Waals surface area contributed by atoms with Crippen molar-refractivity contribution in [3.63, 3.8) is 0 Å². The number of piperazine rings is 1. The van der Waals surface area contributed by atoms with Gasteiger partial charge in [0.05, 0.1) is 0 Å². The molecular formula is C18H24ClN3O. The topological polar surface area (TPSA) is 37.4 Å². The standard InChI is InChI=1S/C18H23N3O.ClH/c1-15-12-21(11-10-20-15)13-16-2-4-18(5-3-16)22-14-17-6-8-19-9-7-17;/h2-9,15,20H,10-14H2,1H3;1H. The van der Waals surface area contributed by atoms with E-state index in [4.69, 9.17) is 4.74 Å². The molecule has 0 spiro atoms. The van der Waals surface area contributed by atoms with E-state index >= 15 is 0 Å². The van der Waals surface area contributed by atoms with Crippen LogP contribution in [0.25, 0.3) is 0 Å². The third-order valence-corrected chi connectivity index (χ3v) is 3.94. The summed E-state index contributed by atoms with van der Waals surface area (Å²) in [5, 5.41) is 3.47. The van der Waals surface area contributed by atoms with Crippen LogP contribution in [0, 0.1) is 0 Å². The highest BCUT2D eigenvalue weighted by Crippen LogP contribution is 2.16. The summed E-state index contributed by atoms with van der Waals surface area (Å²) in [4.78, 5) is 6.50. The zero-order chi connectivity index (χ0) is 15.2. The van der Waals surface area contributed by atoms with Gasteiger partial charge in [-0.25, -0.2) is 0 Å².